The van der Waals surface area contributed by atoms with Gasteiger partial charge in [-0.15, -0.1) is 0 Å². The summed E-state index contributed by atoms with van der Waals surface area (Å²) in [4.78, 5) is 17.0. The molecule has 0 aliphatic heterocycles. The highest BCUT2D eigenvalue weighted by atomic mass is 19.4. The fourth-order valence-electron chi connectivity index (χ4n) is 3.20. The Bertz CT molecular complexity index is 1070. The lowest BCUT2D eigenvalue weighted by Crippen LogP contribution is -2.25. The summed E-state index contributed by atoms with van der Waals surface area (Å²) in [5.74, 6) is -0.237. The first-order valence-corrected chi connectivity index (χ1v) is 10.5. The third kappa shape index (κ3) is 5.45. The van der Waals surface area contributed by atoms with Gasteiger partial charge in [0.1, 0.15) is 5.56 Å². The predicted octanol–water partition coefficient (Wildman–Crippen LogP) is 5.08. The van der Waals surface area contributed by atoms with Gasteiger partial charge in [0.2, 0.25) is 0 Å². The number of ether oxygens (including phenoxy) is 1. The van der Waals surface area contributed by atoms with Gasteiger partial charge in [-0.1, -0.05) is 38.1 Å². The number of hydrogen-bond acceptors (Lipinski definition) is 4. The standard InChI is InChI=1S/C23H27F3N4O2/c1-14(2)16-6-8-17(9-7-16)19-12-20(23(24,25)26)30-21(29-19)18(13-28-30)22(31)27-10-5-11-32-15(3)4/h6-9,12-15H,5,10-11H2,1-4H3,(H,27,31). The van der Waals surface area contributed by atoms with Crippen molar-refractivity contribution in [3.8, 4) is 11.3 Å². The van der Waals surface area contributed by atoms with E-state index in [4.69, 9.17) is 4.74 Å². The van der Waals surface area contributed by atoms with Crippen molar-refractivity contribution in [2.24, 2.45) is 0 Å². The van der Waals surface area contributed by atoms with Crippen LogP contribution in [-0.2, 0) is 10.9 Å². The maximum Gasteiger partial charge on any atom is 0.433 e. The van der Waals surface area contributed by atoms with Gasteiger partial charge >= 0.3 is 6.18 Å². The topological polar surface area (TPSA) is 68.5 Å². The van der Waals surface area contributed by atoms with E-state index < -0.39 is 17.8 Å². The largest absolute Gasteiger partial charge is 0.433 e. The number of benzene rings is 1. The number of aromatic nitrogens is 3. The van der Waals surface area contributed by atoms with Crippen LogP contribution >= 0.6 is 0 Å². The molecule has 9 heteroatoms. The monoisotopic (exact) mass is 448 g/mol. The van der Waals surface area contributed by atoms with Gasteiger partial charge in [0.15, 0.2) is 11.3 Å². The number of fused-ring (bicyclic) bond motifs is 1. The van der Waals surface area contributed by atoms with Crippen LogP contribution in [0.3, 0.4) is 0 Å². The van der Waals surface area contributed by atoms with Crippen LogP contribution in [0.1, 0.15) is 61.6 Å². The van der Waals surface area contributed by atoms with Crippen LogP contribution in [0.2, 0.25) is 0 Å². The van der Waals surface area contributed by atoms with Gasteiger partial charge in [0, 0.05) is 18.7 Å². The Hall–Kier alpha value is -2.94. The van der Waals surface area contributed by atoms with Crippen molar-refractivity contribution in [2.45, 2.75) is 52.3 Å². The van der Waals surface area contributed by atoms with E-state index in [0.29, 0.717) is 35.6 Å². The highest BCUT2D eigenvalue weighted by molar-refractivity contribution is 5.99. The summed E-state index contributed by atoms with van der Waals surface area (Å²) in [5, 5.41) is 6.49. The Morgan fingerprint density at radius 1 is 1.16 bits per heavy atom. The van der Waals surface area contributed by atoms with Crippen LogP contribution in [0.5, 0.6) is 0 Å². The Kier molecular flexibility index (Phi) is 7.18. The van der Waals surface area contributed by atoms with E-state index in [9.17, 15) is 18.0 Å². The third-order valence-electron chi connectivity index (χ3n) is 4.94. The molecule has 0 atom stereocenters. The number of alkyl halides is 3. The van der Waals surface area contributed by atoms with Crippen molar-refractivity contribution in [3.05, 3.63) is 53.3 Å². The summed E-state index contributed by atoms with van der Waals surface area (Å²) < 4.78 is 47.3. The normalized spacial score (nSPS) is 12.2. The van der Waals surface area contributed by atoms with Crippen LogP contribution in [0.25, 0.3) is 16.9 Å². The summed E-state index contributed by atoms with van der Waals surface area (Å²) >= 11 is 0. The number of nitrogens with zero attached hydrogens (tertiary/aromatic N) is 3. The number of amides is 1. The van der Waals surface area contributed by atoms with Crippen molar-refractivity contribution in [1.29, 1.82) is 0 Å². The molecule has 0 saturated heterocycles. The summed E-state index contributed by atoms with van der Waals surface area (Å²) in [6, 6.07) is 8.15. The van der Waals surface area contributed by atoms with E-state index >= 15 is 0 Å². The van der Waals surface area contributed by atoms with Gasteiger partial charge in [-0.05, 0) is 37.8 Å². The molecular formula is C23H27F3N4O2. The van der Waals surface area contributed by atoms with Crippen molar-refractivity contribution in [2.75, 3.05) is 13.2 Å². The zero-order valence-corrected chi connectivity index (χ0v) is 18.5. The number of carbonyl (C=O) groups excluding carboxylic acids is 1. The average molecular weight is 448 g/mol. The lowest BCUT2D eigenvalue weighted by Gasteiger charge is -2.12. The Morgan fingerprint density at radius 2 is 1.84 bits per heavy atom. The molecule has 2 heterocycles. The van der Waals surface area contributed by atoms with Crippen LogP contribution < -0.4 is 5.32 Å². The molecule has 0 fully saturated rings. The second kappa shape index (κ2) is 9.68. The quantitative estimate of drug-likeness (QED) is 0.488. The van der Waals surface area contributed by atoms with Crippen LogP contribution in [0.4, 0.5) is 13.2 Å². The summed E-state index contributed by atoms with van der Waals surface area (Å²) in [6.07, 6.45) is -2.88. The molecule has 0 aliphatic rings. The molecule has 2 aromatic heterocycles. The molecule has 3 aromatic rings. The van der Waals surface area contributed by atoms with Gasteiger partial charge in [0.05, 0.1) is 18.0 Å². The Labute approximate surface area is 184 Å². The molecule has 1 aromatic carbocycles. The van der Waals surface area contributed by atoms with Gasteiger partial charge in [-0.3, -0.25) is 4.79 Å². The van der Waals surface area contributed by atoms with Crippen molar-refractivity contribution in [1.82, 2.24) is 19.9 Å². The molecule has 3 rings (SSSR count). The van der Waals surface area contributed by atoms with E-state index in [2.05, 4.69) is 15.4 Å². The minimum atomic E-state index is -4.66. The molecule has 0 unspecified atom stereocenters. The van der Waals surface area contributed by atoms with E-state index in [-0.39, 0.29) is 23.0 Å². The first kappa shape index (κ1) is 23.7. The number of nitrogens with one attached hydrogen (secondary N) is 1. The number of rotatable bonds is 8. The average Bonchev–Trinajstić information content (AvgIpc) is 3.15. The summed E-state index contributed by atoms with van der Waals surface area (Å²) in [5.41, 5.74) is 0.576. The van der Waals surface area contributed by atoms with Gasteiger partial charge in [-0.25, -0.2) is 9.50 Å². The molecule has 32 heavy (non-hydrogen) atoms. The van der Waals surface area contributed by atoms with E-state index in [1.54, 1.807) is 12.1 Å². The van der Waals surface area contributed by atoms with Gasteiger partial charge in [0.25, 0.3) is 5.91 Å². The van der Waals surface area contributed by atoms with E-state index in [0.717, 1.165) is 17.8 Å². The molecule has 0 spiro atoms. The molecule has 0 saturated carbocycles. The molecule has 1 N–H and O–H groups in total. The minimum Gasteiger partial charge on any atom is -0.379 e. The fourth-order valence-corrected chi connectivity index (χ4v) is 3.20. The maximum absolute atomic E-state index is 13.7. The maximum atomic E-state index is 13.7. The predicted molar refractivity (Wildman–Crippen MR) is 116 cm³/mol. The second-order valence-corrected chi connectivity index (χ2v) is 8.12. The van der Waals surface area contributed by atoms with Crippen molar-refractivity contribution < 1.29 is 22.7 Å². The first-order chi connectivity index (χ1) is 15.1. The molecule has 0 radical (unpaired) electrons. The van der Waals surface area contributed by atoms with Crippen LogP contribution in [-0.4, -0.2) is 39.8 Å². The zero-order chi connectivity index (χ0) is 23.5. The molecule has 1 amide bonds. The third-order valence-corrected chi connectivity index (χ3v) is 4.94. The highest BCUT2D eigenvalue weighted by Crippen LogP contribution is 2.33. The summed E-state index contributed by atoms with van der Waals surface area (Å²) in [6.45, 7) is 8.69. The molecular weight excluding hydrogens is 421 g/mol. The van der Waals surface area contributed by atoms with Gasteiger partial charge < -0.3 is 10.1 Å². The van der Waals surface area contributed by atoms with E-state index in [1.807, 2.05) is 39.8 Å². The SMILES string of the molecule is CC(C)OCCCNC(=O)c1cnn2c(C(F)(F)F)cc(-c3ccc(C(C)C)cc3)nc12. The van der Waals surface area contributed by atoms with Crippen LogP contribution in [0, 0.1) is 0 Å². The Morgan fingerprint density at radius 3 is 2.44 bits per heavy atom. The summed E-state index contributed by atoms with van der Waals surface area (Å²) in [7, 11) is 0. The first-order valence-electron chi connectivity index (χ1n) is 10.5. The lowest BCUT2D eigenvalue weighted by molar-refractivity contribution is -0.142. The number of halogens is 3. The zero-order valence-electron chi connectivity index (χ0n) is 18.5. The fraction of sp³-hybridized carbons (Fsp3) is 0.435. The second-order valence-electron chi connectivity index (χ2n) is 8.12. The molecule has 0 aliphatic carbocycles. The number of carbonyl (C=O) groups is 1. The van der Waals surface area contributed by atoms with Gasteiger partial charge in [-0.2, -0.15) is 18.3 Å². The van der Waals surface area contributed by atoms with Crippen LogP contribution in [0.15, 0.2) is 36.5 Å². The smallest absolute Gasteiger partial charge is 0.379 e. The van der Waals surface area contributed by atoms with Crippen molar-refractivity contribution >= 4 is 11.6 Å². The van der Waals surface area contributed by atoms with E-state index in [1.165, 1.54) is 0 Å². The molecule has 0 bridgehead atoms. The Balaban J connectivity index is 1.94. The minimum absolute atomic E-state index is 0.0130. The molecule has 172 valence electrons. The highest BCUT2D eigenvalue weighted by Gasteiger charge is 2.36. The number of hydrogen-bond donors (Lipinski definition) is 1. The van der Waals surface area contributed by atoms with Crippen molar-refractivity contribution in [3.63, 3.8) is 0 Å². The lowest BCUT2D eigenvalue weighted by atomic mass is 10.0. The molecule has 6 nitrogen and oxygen atoms in total.